The smallest absolute Gasteiger partial charge is 0.305 e. The van der Waals surface area contributed by atoms with E-state index >= 15 is 0 Å². The predicted octanol–water partition coefficient (Wildman–Crippen LogP) is 5.97. The van der Waals surface area contributed by atoms with E-state index in [1.807, 2.05) is 25.8 Å². The fourth-order valence-electron chi connectivity index (χ4n) is 6.67. The number of nitrogens with zero attached hydrogens (tertiary/aromatic N) is 2. The molecule has 1 aromatic rings. The monoisotopic (exact) mass is 687 g/mol. The van der Waals surface area contributed by atoms with Gasteiger partial charge in [-0.1, -0.05) is 32.6 Å². The van der Waals surface area contributed by atoms with Gasteiger partial charge in [-0.3, -0.25) is 19.2 Å². The maximum atomic E-state index is 14.4. The second kappa shape index (κ2) is 21.1. The van der Waals surface area contributed by atoms with Gasteiger partial charge in [0.15, 0.2) is 0 Å². The van der Waals surface area contributed by atoms with Gasteiger partial charge < -0.3 is 34.4 Å². The molecule has 1 saturated carbocycles. The topological polar surface area (TPSA) is 135 Å². The number of hydrogen-bond donors (Lipinski definition) is 2. The number of benzene rings is 1. The SMILES string of the molecule is CCOC(=O)CCCCCC(=O)Nc1ccc2c(c1)C(=O)N([C@H](C)CO)C[C@H](C)[C@H](CN(C)C(=O)C1CCCCC1)OCCCC[C@@H](C)O2. The number of unbranched alkanes of at least 4 members (excludes halogenated alkanes) is 2. The highest BCUT2D eigenvalue weighted by molar-refractivity contribution is 5.99. The Labute approximate surface area is 293 Å². The molecule has 3 rings (SSSR count). The molecule has 1 fully saturated rings. The average Bonchev–Trinajstić information content (AvgIpc) is 3.09. The number of carbonyl (C=O) groups is 4. The van der Waals surface area contributed by atoms with Gasteiger partial charge in [0.1, 0.15) is 5.75 Å². The van der Waals surface area contributed by atoms with Crippen LogP contribution in [0, 0.1) is 11.8 Å². The van der Waals surface area contributed by atoms with E-state index in [9.17, 15) is 24.3 Å². The molecule has 1 aromatic carbocycles. The van der Waals surface area contributed by atoms with Crippen molar-refractivity contribution in [1.82, 2.24) is 9.80 Å². The Morgan fingerprint density at radius 2 is 1.76 bits per heavy atom. The molecule has 0 spiro atoms. The van der Waals surface area contributed by atoms with Crippen molar-refractivity contribution in [3.8, 4) is 5.75 Å². The molecule has 11 heteroatoms. The Balaban J connectivity index is 1.78. The van der Waals surface area contributed by atoms with Crippen LogP contribution in [0.15, 0.2) is 18.2 Å². The molecule has 0 bridgehead atoms. The number of aliphatic hydroxyl groups is 1. The van der Waals surface area contributed by atoms with Crippen molar-refractivity contribution in [3.63, 3.8) is 0 Å². The molecule has 2 N–H and O–H groups in total. The first kappa shape index (κ1) is 40.3. The van der Waals surface area contributed by atoms with E-state index in [0.29, 0.717) is 62.6 Å². The van der Waals surface area contributed by atoms with Crippen LogP contribution in [0.1, 0.15) is 122 Å². The Bertz CT molecular complexity index is 1200. The van der Waals surface area contributed by atoms with Gasteiger partial charge in [-0.15, -0.1) is 0 Å². The molecule has 1 aliphatic carbocycles. The number of aliphatic hydroxyl groups excluding tert-OH is 1. The van der Waals surface area contributed by atoms with Crippen LogP contribution < -0.4 is 10.1 Å². The highest BCUT2D eigenvalue weighted by atomic mass is 16.5. The standard InChI is InChI=1S/C38H61N3O8/c1-6-47-36(44)19-12-8-11-18-35(43)39-31-20-21-33-32(23-31)38(46)41(28(3)26-42)24-27(2)34(48-22-14-13-15-29(4)49-33)25-40(5)37(45)30-16-9-7-10-17-30/h20-21,23,27-30,34,42H,6-19,22,24-26H2,1-5H3,(H,39,43)/t27-,28+,29+,34-/m0/s1. The summed E-state index contributed by atoms with van der Waals surface area (Å²) in [6, 6.07) is 4.63. The molecule has 3 amide bonds. The zero-order chi connectivity index (χ0) is 35.8. The summed E-state index contributed by atoms with van der Waals surface area (Å²) in [7, 11) is 1.85. The summed E-state index contributed by atoms with van der Waals surface area (Å²) < 4.78 is 17.7. The summed E-state index contributed by atoms with van der Waals surface area (Å²) in [6.45, 7) is 8.99. The van der Waals surface area contributed by atoms with Gasteiger partial charge in [-0.05, 0) is 83.9 Å². The second-order valence-corrected chi connectivity index (χ2v) is 14.0. The van der Waals surface area contributed by atoms with Gasteiger partial charge in [0.05, 0.1) is 37.0 Å². The predicted molar refractivity (Wildman–Crippen MR) is 189 cm³/mol. The molecule has 0 aromatic heterocycles. The molecule has 276 valence electrons. The largest absolute Gasteiger partial charge is 0.490 e. The number of fused-ring (bicyclic) bond motifs is 1. The minimum atomic E-state index is -0.497. The van der Waals surface area contributed by atoms with Gasteiger partial charge >= 0.3 is 5.97 Å². The number of rotatable bonds is 13. The van der Waals surface area contributed by atoms with Crippen molar-refractivity contribution in [1.29, 1.82) is 0 Å². The normalized spacial score (nSPS) is 21.9. The first-order chi connectivity index (χ1) is 23.5. The summed E-state index contributed by atoms with van der Waals surface area (Å²) in [5.41, 5.74) is 0.792. The molecule has 1 aliphatic heterocycles. The molecule has 0 unspecified atom stereocenters. The Morgan fingerprint density at radius 1 is 1.04 bits per heavy atom. The van der Waals surface area contributed by atoms with Crippen LogP contribution in [0.25, 0.3) is 0 Å². The van der Waals surface area contributed by atoms with Crippen LogP contribution >= 0.6 is 0 Å². The second-order valence-electron chi connectivity index (χ2n) is 14.0. The summed E-state index contributed by atoms with van der Waals surface area (Å²) in [4.78, 5) is 55.5. The van der Waals surface area contributed by atoms with Crippen molar-refractivity contribution in [2.45, 2.75) is 129 Å². The lowest BCUT2D eigenvalue weighted by atomic mass is 9.88. The van der Waals surface area contributed by atoms with E-state index in [1.54, 1.807) is 36.9 Å². The number of hydrogen-bond acceptors (Lipinski definition) is 8. The minimum absolute atomic E-state index is 0.0593. The maximum Gasteiger partial charge on any atom is 0.305 e. The maximum absolute atomic E-state index is 14.4. The summed E-state index contributed by atoms with van der Waals surface area (Å²) in [6.07, 6.45) is 9.88. The number of esters is 1. The number of carbonyl (C=O) groups excluding carboxylic acids is 4. The van der Waals surface area contributed by atoms with E-state index in [4.69, 9.17) is 14.2 Å². The van der Waals surface area contributed by atoms with Crippen LogP contribution in [-0.4, -0.2) is 96.8 Å². The molecule has 2 aliphatic rings. The third-order valence-electron chi connectivity index (χ3n) is 9.71. The third-order valence-corrected chi connectivity index (χ3v) is 9.71. The lowest BCUT2D eigenvalue weighted by Gasteiger charge is -2.36. The van der Waals surface area contributed by atoms with E-state index in [2.05, 4.69) is 5.32 Å². The molecule has 1 heterocycles. The fraction of sp³-hybridized carbons (Fsp3) is 0.737. The molecule has 0 radical (unpaired) electrons. The highest BCUT2D eigenvalue weighted by Gasteiger charge is 2.32. The summed E-state index contributed by atoms with van der Waals surface area (Å²) >= 11 is 0. The van der Waals surface area contributed by atoms with E-state index in [0.717, 1.165) is 51.4 Å². The van der Waals surface area contributed by atoms with Crippen LogP contribution in [0.4, 0.5) is 5.69 Å². The Morgan fingerprint density at radius 3 is 2.47 bits per heavy atom. The van der Waals surface area contributed by atoms with Gasteiger partial charge in [0.2, 0.25) is 11.8 Å². The van der Waals surface area contributed by atoms with Crippen molar-refractivity contribution in [3.05, 3.63) is 23.8 Å². The van der Waals surface area contributed by atoms with Crippen LogP contribution in [0.2, 0.25) is 0 Å². The Kier molecular flexibility index (Phi) is 17.4. The lowest BCUT2D eigenvalue weighted by molar-refractivity contribution is -0.143. The summed E-state index contributed by atoms with van der Waals surface area (Å²) in [5.74, 6) is -0.204. The first-order valence-electron chi connectivity index (χ1n) is 18.6. The Hall–Kier alpha value is -3.18. The van der Waals surface area contributed by atoms with Crippen molar-refractivity contribution in [2.75, 3.05) is 45.3 Å². The fourth-order valence-corrected chi connectivity index (χ4v) is 6.67. The number of likely N-dealkylation sites (N-methyl/N-ethyl adjacent to an activating group) is 1. The molecule has 0 saturated heterocycles. The zero-order valence-corrected chi connectivity index (χ0v) is 30.5. The minimum Gasteiger partial charge on any atom is -0.490 e. The first-order valence-corrected chi connectivity index (χ1v) is 18.6. The average molecular weight is 688 g/mol. The van der Waals surface area contributed by atoms with Crippen LogP contribution in [-0.2, 0) is 23.9 Å². The van der Waals surface area contributed by atoms with Crippen molar-refractivity contribution < 1.29 is 38.5 Å². The molecular weight excluding hydrogens is 626 g/mol. The number of anilines is 1. The molecule has 4 atom stereocenters. The van der Waals surface area contributed by atoms with Crippen molar-refractivity contribution in [2.24, 2.45) is 11.8 Å². The van der Waals surface area contributed by atoms with E-state index in [-0.39, 0.29) is 60.8 Å². The van der Waals surface area contributed by atoms with Crippen LogP contribution in [0.3, 0.4) is 0 Å². The van der Waals surface area contributed by atoms with E-state index in [1.165, 1.54) is 6.42 Å². The molecular formula is C38H61N3O8. The van der Waals surface area contributed by atoms with E-state index < -0.39 is 6.04 Å². The molecule has 49 heavy (non-hydrogen) atoms. The van der Waals surface area contributed by atoms with Gasteiger partial charge in [0, 0.05) is 57.1 Å². The quantitative estimate of drug-likeness (QED) is 0.191. The zero-order valence-electron chi connectivity index (χ0n) is 30.5. The number of amides is 3. The summed E-state index contributed by atoms with van der Waals surface area (Å²) in [5, 5.41) is 13.2. The number of nitrogens with one attached hydrogen (secondary N) is 1. The van der Waals surface area contributed by atoms with Gasteiger partial charge in [-0.25, -0.2) is 0 Å². The molecule has 11 nitrogen and oxygen atoms in total. The van der Waals surface area contributed by atoms with Gasteiger partial charge in [-0.2, -0.15) is 0 Å². The highest BCUT2D eigenvalue weighted by Crippen LogP contribution is 2.29. The van der Waals surface area contributed by atoms with Gasteiger partial charge in [0.25, 0.3) is 5.91 Å². The van der Waals surface area contributed by atoms with Crippen molar-refractivity contribution >= 4 is 29.4 Å². The third kappa shape index (κ3) is 13.2. The lowest BCUT2D eigenvalue weighted by Crippen LogP contribution is -2.48. The van der Waals surface area contributed by atoms with Crippen LogP contribution in [0.5, 0.6) is 5.75 Å². The number of ether oxygens (including phenoxy) is 3.